The maximum absolute atomic E-state index is 13.1. The van der Waals surface area contributed by atoms with Gasteiger partial charge < -0.3 is 4.42 Å². The fraction of sp³-hybridized carbons (Fsp3) is 0.300. The standard InChI is InChI=1S/C20H21BrN2O3S/c1-11-12(2)14(4)19(15(5)13(11)3)27(24,25)10-18-22-23-20(26-18)16-8-6-7-9-17(16)21/h6-9H,10H2,1-5H3. The lowest BCUT2D eigenvalue weighted by Crippen LogP contribution is -2.12. The number of sulfone groups is 1. The lowest BCUT2D eigenvalue weighted by atomic mass is 9.95. The van der Waals surface area contributed by atoms with Gasteiger partial charge in [0, 0.05) is 4.47 Å². The zero-order chi connectivity index (χ0) is 19.9. The van der Waals surface area contributed by atoms with Crippen LogP contribution in [0.15, 0.2) is 38.1 Å². The van der Waals surface area contributed by atoms with Gasteiger partial charge in [-0.3, -0.25) is 0 Å². The van der Waals surface area contributed by atoms with E-state index in [1.807, 2.05) is 58.9 Å². The van der Waals surface area contributed by atoms with Gasteiger partial charge in [-0.2, -0.15) is 0 Å². The fourth-order valence-electron chi connectivity index (χ4n) is 3.22. The average Bonchev–Trinajstić information content (AvgIpc) is 3.06. The second-order valence-electron chi connectivity index (χ2n) is 6.69. The van der Waals surface area contributed by atoms with Crippen LogP contribution < -0.4 is 0 Å². The van der Waals surface area contributed by atoms with Gasteiger partial charge in [0.05, 0.1) is 10.5 Å². The first kappa shape index (κ1) is 19.8. The van der Waals surface area contributed by atoms with Gasteiger partial charge in [-0.15, -0.1) is 10.2 Å². The van der Waals surface area contributed by atoms with Gasteiger partial charge in [-0.05, 0) is 90.5 Å². The monoisotopic (exact) mass is 448 g/mol. The molecule has 0 N–H and O–H groups in total. The molecule has 3 rings (SSSR count). The quantitative estimate of drug-likeness (QED) is 0.560. The summed E-state index contributed by atoms with van der Waals surface area (Å²) in [7, 11) is -3.62. The van der Waals surface area contributed by atoms with Crippen LogP contribution in [0.3, 0.4) is 0 Å². The number of hydrogen-bond donors (Lipinski definition) is 0. The van der Waals surface area contributed by atoms with E-state index in [0.717, 1.165) is 37.9 Å². The Hall–Kier alpha value is -1.99. The summed E-state index contributed by atoms with van der Waals surface area (Å²) < 4.78 is 32.7. The van der Waals surface area contributed by atoms with Crippen molar-refractivity contribution in [1.82, 2.24) is 10.2 Å². The minimum absolute atomic E-state index is 0.0791. The lowest BCUT2D eigenvalue weighted by molar-refractivity contribution is 0.517. The van der Waals surface area contributed by atoms with Crippen molar-refractivity contribution in [2.45, 2.75) is 45.3 Å². The zero-order valence-electron chi connectivity index (χ0n) is 15.9. The van der Waals surface area contributed by atoms with Gasteiger partial charge >= 0.3 is 0 Å². The van der Waals surface area contributed by atoms with Crippen LogP contribution in [-0.2, 0) is 15.6 Å². The molecule has 142 valence electrons. The first-order valence-electron chi connectivity index (χ1n) is 8.50. The second kappa shape index (κ2) is 7.20. The largest absolute Gasteiger partial charge is 0.420 e. The number of aromatic nitrogens is 2. The van der Waals surface area contributed by atoms with Crippen LogP contribution in [0, 0.1) is 34.6 Å². The molecule has 0 aliphatic carbocycles. The Morgan fingerprint density at radius 2 is 1.44 bits per heavy atom. The van der Waals surface area contributed by atoms with Crippen molar-refractivity contribution >= 4 is 25.8 Å². The third-order valence-electron chi connectivity index (χ3n) is 5.13. The van der Waals surface area contributed by atoms with Gasteiger partial charge in [0.25, 0.3) is 0 Å². The molecule has 0 radical (unpaired) electrons. The first-order chi connectivity index (χ1) is 12.6. The number of nitrogens with zero attached hydrogens (tertiary/aromatic N) is 2. The fourth-order valence-corrected chi connectivity index (χ4v) is 5.50. The summed E-state index contributed by atoms with van der Waals surface area (Å²) in [5, 5.41) is 7.96. The maximum Gasteiger partial charge on any atom is 0.248 e. The molecule has 0 aliphatic heterocycles. The molecular weight excluding hydrogens is 428 g/mol. The molecule has 0 saturated heterocycles. The molecule has 1 aromatic heterocycles. The Kier molecular flexibility index (Phi) is 5.27. The summed E-state index contributed by atoms with van der Waals surface area (Å²) in [6.07, 6.45) is 0. The van der Waals surface area contributed by atoms with Crippen molar-refractivity contribution in [3.8, 4) is 11.5 Å². The van der Waals surface area contributed by atoms with Crippen LogP contribution in [-0.4, -0.2) is 18.6 Å². The summed E-state index contributed by atoms with van der Waals surface area (Å²) in [6.45, 7) is 9.62. The second-order valence-corrected chi connectivity index (χ2v) is 9.47. The maximum atomic E-state index is 13.1. The third kappa shape index (κ3) is 3.58. The number of halogens is 1. The molecule has 0 atom stereocenters. The Morgan fingerprint density at radius 3 is 2.04 bits per heavy atom. The minimum Gasteiger partial charge on any atom is -0.420 e. The van der Waals surface area contributed by atoms with Crippen LogP contribution in [0.5, 0.6) is 0 Å². The average molecular weight is 449 g/mol. The minimum atomic E-state index is -3.62. The van der Waals surface area contributed by atoms with E-state index in [0.29, 0.717) is 4.90 Å². The summed E-state index contributed by atoms with van der Waals surface area (Å²) in [6, 6.07) is 7.42. The molecule has 5 nitrogen and oxygen atoms in total. The molecular formula is C20H21BrN2O3S. The molecule has 0 unspecified atom stereocenters. The van der Waals surface area contributed by atoms with E-state index in [9.17, 15) is 8.42 Å². The van der Waals surface area contributed by atoms with Gasteiger partial charge in [-0.1, -0.05) is 12.1 Å². The molecule has 7 heteroatoms. The summed E-state index contributed by atoms with van der Waals surface area (Å²) in [4.78, 5) is 0.365. The van der Waals surface area contributed by atoms with E-state index < -0.39 is 9.84 Å². The van der Waals surface area contributed by atoms with Gasteiger partial charge in [0.15, 0.2) is 9.84 Å². The highest BCUT2D eigenvalue weighted by molar-refractivity contribution is 9.10. The van der Waals surface area contributed by atoms with E-state index in [-0.39, 0.29) is 17.5 Å². The van der Waals surface area contributed by atoms with Crippen molar-refractivity contribution in [1.29, 1.82) is 0 Å². The number of benzene rings is 2. The van der Waals surface area contributed by atoms with Crippen LogP contribution in [0.2, 0.25) is 0 Å². The van der Waals surface area contributed by atoms with Crippen molar-refractivity contribution < 1.29 is 12.8 Å². The Balaban J connectivity index is 2.01. The highest BCUT2D eigenvalue weighted by Crippen LogP contribution is 2.32. The van der Waals surface area contributed by atoms with Crippen LogP contribution in [0.25, 0.3) is 11.5 Å². The van der Waals surface area contributed by atoms with E-state index >= 15 is 0 Å². The van der Waals surface area contributed by atoms with E-state index in [2.05, 4.69) is 26.1 Å². The first-order valence-corrected chi connectivity index (χ1v) is 10.9. The summed E-state index contributed by atoms with van der Waals surface area (Å²) in [5.74, 6) is 0.0430. The summed E-state index contributed by atoms with van der Waals surface area (Å²) >= 11 is 3.44. The molecule has 0 saturated carbocycles. The molecule has 0 amide bonds. The Bertz CT molecular complexity index is 1110. The predicted molar refractivity (Wildman–Crippen MR) is 108 cm³/mol. The van der Waals surface area contributed by atoms with Crippen molar-refractivity contribution in [3.05, 3.63) is 62.4 Å². The molecule has 3 aromatic rings. The zero-order valence-corrected chi connectivity index (χ0v) is 18.3. The van der Waals surface area contributed by atoms with Crippen LogP contribution in [0.1, 0.15) is 33.7 Å². The van der Waals surface area contributed by atoms with Crippen LogP contribution >= 0.6 is 15.9 Å². The molecule has 1 heterocycles. The van der Waals surface area contributed by atoms with E-state index in [1.165, 1.54) is 0 Å². The molecule has 27 heavy (non-hydrogen) atoms. The molecule has 0 bridgehead atoms. The van der Waals surface area contributed by atoms with Gasteiger partial charge in [0.1, 0.15) is 5.75 Å². The Labute approximate surface area is 167 Å². The van der Waals surface area contributed by atoms with Crippen molar-refractivity contribution in [2.75, 3.05) is 0 Å². The smallest absolute Gasteiger partial charge is 0.248 e. The predicted octanol–water partition coefficient (Wildman–Crippen LogP) is 5.02. The molecule has 0 spiro atoms. The number of rotatable bonds is 4. The van der Waals surface area contributed by atoms with Gasteiger partial charge in [-0.25, -0.2) is 8.42 Å². The van der Waals surface area contributed by atoms with Crippen molar-refractivity contribution in [2.24, 2.45) is 0 Å². The normalized spacial score (nSPS) is 11.8. The Morgan fingerprint density at radius 1 is 0.889 bits per heavy atom. The molecule has 0 aliphatic rings. The highest BCUT2D eigenvalue weighted by atomic mass is 79.9. The van der Waals surface area contributed by atoms with E-state index in [1.54, 1.807) is 0 Å². The SMILES string of the molecule is Cc1c(C)c(C)c(S(=O)(=O)Cc2nnc(-c3ccccc3Br)o2)c(C)c1C. The van der Waals surface area contributed by atoms with Gasteiger partial charge in [0.2, 0.25) is 11.8 Å². The van der Waals surface area contributed by atoms with Crippen LogP contribution in [0.4, 0.5) is 0 Å². The summed E-state index contributed by atoms with van der Waals surface area (Å²) in [5.41, 5.74) is 5.40. The molecule has 2 aromatic carbocycles. The number of hydrogen-bond acceptors (Lipinski definition) is 5. The van der Waals surface area contributed by atoms with E-state index in [4.69, 9.17) is 4.42 Å². The third-order valence-corrected chi connectivity index (χ3v) is 7.68. The lowest BCUT2D eigenvalue weighted by Gasteiger charge is -2.18. The van der Waals surface area contributed by atoms with Crippen molar-refractivity contribution in [3.63, 3.8) is 0 Å². The topological polar surface area (TPSA) is 73.1 Å². The molecule has 0 fully saturated rings. The highest BCUT2D eigenvalue weighted by Gasteiger charge is 2.26.